The molecule has 0 radical (unpaired) electrons. The molecular formula is C46H52N6O2. The summed E-state index contributed by atoms with van der Waals surface area (Å²) in [5.74, 6) is 1.75. The van der Waals surface area contributed by atoms with Gasteiger partial charge in [-0.1, -0.05) is 52.0 Å². The summed E-state index contributed by atoms with van der Waals surface area (Å²) in [6.07, 6.45) is 10.4. The van der Waals surface area contributed by atoms with E-state index < -0.39 is 0 Å². The van der Waals surface area contributed by atoms with Crippen LogP contribution in [0.5, 0.6) is 11.5 Å². The fourth-order valence-corrected chi connectivity index (χ4v) is 7.15. The molecule has 2 aromatic carbocycles. The van der Waals surface area contributed by atoms with Crippen LogP contribution in [0, 0.1) is 0 Å². The van der Waals surface area contributed by atoms with Crippen molar-refractivity contribution in [1.29, 1.82) is 0 Å². The zero-order valence-electron chi connectivity index (χ0n) is 32.1. The molecule has 7 rings (SSSR count). The van der Waals surface area contributed by atoms with Gasteiger partial charge in [-0.2, -0.15) is 0 Å². The molecule has 8 nitrogen and oxygen atoms in total. The summed E-state index contributed by atoms with van der Waals surface area (Å²) in [5, 5.41) is 0. The second-order valence-corrected chi connectivity index (χ2v) is 13.7. The Bertz CT molecular complexity index is 2080. The lowest BCUT2D eigenvalue weighted by molar-refractivity contribution is 0.249. The van der Waals surface area contributed by atoms with Crippen molar-refractivity contribution in [3.63, 3.8) is 0 Å². The van der Waals surface area contributed by atoms with Gasteiger partial charge in [-0.15, -0.1) is 0 Å². The van der Waals surface area contributed by atoms with Crippen molar-refractivity contribution in [1.82, 2.24) is 29.7 Å². The highest BCUT2D eigenvalue weighted by Crippen LogP contribution is 2.33. The largest absolute Gasteiger partial charge is 0.494 e. The van der Waals surface area contributed by atoms with Gasteiger partial charge in [0.1, 0.15) is 11.5 Å². The topological polar surface area (TPSA) is 82.3 Å². The maximum absolute atomic E-state index is 6.11. The van der Waals surface area contributed by atoms with Crippen LogP contribution in [0.25, 0.3) is 68.6 Å². The zero-order valence-corrected chi connectivity index (χ0v) is 32.1. The van der Waals surface area contributed by atoms with E-state index in [1.807, 2.05) is 0 Å². The summed E-state index contributed by atoms with van der Waals surface area (Å²) in [4.78, 5) is 22.4. The Balaban J connectivity index is 1.21. The summed E-state index contributed by atoms with van der Waals surface area (Å²) in [6.45, 7) is 16.6. The number of fused-ring (bicyclic) bond motifs is 8. The van der Waals surface area contributed by atoms with E-state index in [0.717, 1.165) is 131 Å². The van der Waals surface area contributed by atoms with Gasteiger partial charge in [-0.05, 0) is 135 Å². The summed E-state index contributed by atoms with van der Waals surface area (Å²) < 4.78 is 12.2. The minimum Gasteiger partial charge on any atom is -0.494 e. The van der Waals surface area contributed by atoms with Gasteiger partial charge >= 0.3 is 0 Å². The number of H-pyrrole nitrogens is 2. The third-order valence-electron chi connectivity index (χ3n) is 10.2. The van der Waals surface area contributed by atoms with Crippen molar-refractivity contribution < 1.29 is 9.47 Å². The lowest BCUT2D eigenvalue weighted by Crippen LogP contribution is -2.25. The smallest absolute Gasteiger partial charge is 0.119 e. The zero-order chi connectivity index (χ0) is 37.3. The highest BCUT2D eigenvalue weighted by molar-refractivity contribution is 5.93. The summed E-state index contributed by atoms with van der Waals surface area (Å²) >= 11 is 0. The standard InChI is InChI=1S/C46H52N6O2/c1-5-51(6-2)27-9-29-53-39-19-11-33(12-20-39)45-41-23-15-35(47-41)31-37-17-25-43(49-37)46(44-26-18-38(50-44)32-36-16-24-42(45)48-36)34-13-21-40(22-14-34)54-30-10-28-52(7-3)8-4/h11-26,31-32,47,50H,5-10,27-30H2,1-4H3. The average Bonchev–Trinajstić information content (AvgIpc) is 4.04. The maximum atomic E-state index is 6.11. The third kappa shape index (κ3) is 8.84. The highest BCUT2D eigenvalue weighted by atomic mass is 16.5. The maximum Gasteiger partial charge on any atom is 0.119 e. The first-order valence-electron chi connectivity index (χ1n) is 19.5. The van der Waals surface area contributed by atoms with Crippen LogP contribution in [0.1, 0.15) is 63.3 Å². The first kappa shape index (κ1) is 36.9. The number of aromatic amines is 2. The quantitative estimate of drug-likeness (QED) is 0.0968. The molecule has 0 amide bonds. The van der Waals surface area contributed by atoms with E-state index in [-0.39, 0.29) is 0 Å². The number of nitrogens with zero attached hydrogens (tertiary/aromatic N) is 4. The lowest BCUT2D eigenvalue weighted by atomic mass is 10.0. The SMILES string of the molecule is CCN(CC)CCCOc1ccc(-c2c3nc(cc4ccc([nH]4)c(-c4ccc(OCCCN(CC)CC)cc4)c4nc(cc5ccc2[nH]5)C=C4)C=C3)cc1. The van der Waals surface area contributed by atoms with E-state index in [1.165, 1.54) is 0 Å². The Morgan fingerprint density at radius 1 is 0.500 bits per heavy atom. The predicted molar refractivity (Wildman–Crippen MR) is 226 cm³/mol. The fraction of sp³-hybridized carbons (Fsp3) is 0.304. The van der Waals surface area contributed by atoms with E-state index in [4.69, 9.17) is 19.4 Å². The van der Waals surface area contributed by atoms with Crippen molar-refractivity contribution >= 4 is 46.4 Å². The molecule has 0 atom stereocenters. The van der Waals surface area contributed by atoms with E-state index in [2.05, 4.69) is 157 Å². The molecule has 0 saturated carbocycles. The molecule has 0 unspecified atom stereocenters. The number of benzene rings is 2. The van der Waals surface area contributed by atoms with E-state index in [1.54, 1.807) is 0 Å². The number of ether oxygens (including phenoxy) is 2. The van der Waals surface area contributed by atoms with Gasteiger partial charge < -0.3 is 29.2 Å². The van der Waals surface area contributed by atoms with Crippen LogP contribution in [0.4, 0.5) is 0 Å². The van der Waals surface area contributed by atoms with Gasteiger partial charge in [0.15, 0.2) is 0 Å². The molecule has 5 heterocycles. The highest BCUT2D eigenvalue weighted by Gasteiger charge is 2.14. The molecule has 0 saturated heterocycles. The number of rotatable bonds is 16. The molecule has 5 aromatic rings. The first-order chi connectivity index (χ1) is 26.5. The Kier molecular flexibility index (Phi) is 12.0. The van der Waals surface area contributed by atoms with E-state index >= 15 is 0 Å². The lowest BCUT2D eigenvalue weighted by Gasteiger charge is -2.17. The average molecular weight is 721 g/mol. The normalized spacial score (nSPS) is 12.3. The summed E-state index contributed by atoms with van der Waals surface area (Å²) in [5.41, 5.74) is 11.7. The van der Waals surface area contributed by atoms with Gasteiger partial charge in [0.25, 0.3) is 0 Å². The fourth-order valence-electron chi connectivity index (χ4n) is 7.15. The molecule has 0 spiro atoms. The number of aromatic nitrogens is 4. The van der Waals surface area contributed by atoms with Crippen molar-refractivity contribution in [2.75, 3.05) is 52.5 Å². The molecule has 2 aliphatic heterocycles. The van der Waals surface area contributed by atoms with Crippen LogP contribution >= 0.6 is 0 Å². The Morgan fingerprint density at radius 3 is 1.30 bits per heavy atom. The molecule has 54 heavy (non-hydrogen) atoms. The molecule has 278 valence electrons. The van der Waals surface area contributed by atoms with E-state index in [0.29, 0.717) is 13.2 Å². The minimum atomic E-state index is 0.696. The third-order valence-corrected chi connectivity index (χ3v) is 10.2. The molecule has 8 bridgehead atoms. The Morgan fingerprint density at radius 2 is 0.907 bits per heavy atom. The van der Waals surface area contributed by atoms with Gasteiger partial charge in [0.05, 0.1) is 36.0 Å². The van der Waals surface area contributed by atoms with Crippen LogP contribution in [0.3, 0.4) is 0 Å². The van der Waals surface area contributed by atoms with Crippen LogP contribution in [-0.2, 0) is 0 Å². The van der Waals surface area contributed by atoms with Gasteiger partial charge in [-0.25, -0.2) is 9.97 Å². The number of nitrogens with one attached hydrogen (secondary N) is 2. The minimum absolute atomic E-state index is 0.696. The second-order valence-electron chi connectivity index (χ2n) is 13.7. The summed E-state index contributed by atoms with van der Waals surface area (Å²) in [6, 6.07) is 29.4. The van der Waals surface area contributed by atoms with Gasteiger partial charge in [0.2, 0.25) is 0 Å². The van der Waals surface area contributed by atoms with Crippen molar-refractivity contribution in [2.24, 2.45) is 0 Å². The number of hydrogen-bond donors (Lipinski definition) is 2. The predicted octanol–water partition coefficient (Wildman–Crippen LogP) is 10.2. The van der Waals surface area contributed by atoms with Crippen LogP contribution in [-0.4, -0.2) is 82.2 Å². The van der Waals surface area contributed by atoms with Crippen LogP contribution in [0.15, 0.2) is 84.9 Å². The van der Waals surface area contributed by atoms with Gasteiger partial charge in [0, 0.05) is 46.3 Å². The monoisotopic (exact) mass is 720 g/mol. The molecule has 0 fully saturated rings. The Labute approximate surface area is 319 Å². The van der Waals surface area contributed by atoms with Crippen molar-refractivity contribution in [2.45, 2.75) is 40.5 Å². The van der Waals surface area contributed by atoms with Crippen molar-refractivity contribution in [3.8, 4) is 33.8 Å². The molecule has 2 aliphatic rings. The van der Waals surface area contributed by atoms with E-state index in [9.17, 15) is 0 Å². The first-order valence-corrected chi connectivity index (χ1v) is 19.5. The van der Waals surface area contributed by atoms with Crippen LogP contribution < -0.4 is 9.47 Å². The van der Waals surface area contributed by atoms with Crippen molar-refractivity contribution in [3.05, 3.63) is 108 Å². The van der Waals surface area contributed by atoms with Gasteiger partial charge in [-0.3, -0.25) is 0 Å². The van der Waals surface area contributed by atoms with Crippen LogP contribution in [0.2, 0.25) is 0 Å². The second kappa shape index (κ2) is 17.6. The summed E-state index contributed by atoms with van der Waals surface area (Å²) in [7, 11) is 0. The molecule has 8 heteroatoms. The molecule has 0 aliphatic carbocycles. The number of hydrogen-bond acceptors (Lipinski definition) is 6. The Hall–Kier alpha value is -5.44. The molecular weight excluding hydrogens is 669 g/mol. The molecule has 3 aromatic heterocycles. The molecule has 2 N–H and O–H groups in total.